The smallest absolute Gasteiger partial charge is 0.330 e. The number of unbranched alkanes of at least 4 members (excludes halogenated alkanes) is 3. The zero-order valence-electron chi connectivity index (χ0n) is 11.8. The van der Waals surface area contributed by atoms with Crippen molar-refractivity contribution >= 4 is 17.8 Å². The van der Waals surface area contributed by atoms with Crippen LogP contribution in [-0.4, -0.2) is 22.8 Å². The molecule has 0 spiro atoms. The van der Waals surface area contributed by atoms with E-state index in [4.69, 9.17) is 4.84 Å². The summed E-state index contributed by atoms with van der Waals surface area (Å²) in [5.41, 5.74) is 0. The largest absolute Gasteiger partial charge is 0.333 e. The van der Waals surface area contributed by atoms with E-state index in [-0.39, 0.29) is 19.3 Å². The molecule has 0 radical (unpaired) electrons. The number of imide groups is 1. The zero-order chi connectivity index (χ0) is 14.3. The Morgan fingerprint density at radius 3 is 2.26 bits per heavy atom. The van der Waals surface area contributed by atoms with Crippen molar-refractivity contribution in [2.75, 3.05) is 0 Å². The summed E-state index contributed by atoms with van der Waals surface area (Å²) in [6.45, 7) is 4.39. The third kappa shape index (κ3) is 5.85. The molecular weight excluding hydrogens is 246 g/mol. The molecule has 0 aromatic rings. The van der Waals surface area contributed by atoms with E-state index in [9.17, 15) is 14.4 Å². The second kappa shape index (κ2) is 7.92. The molecule has 1 heterocycles. The van der Waals surface area contributed by atoms with Crippen molar-refractivity contribution < 1.29 is 19.2 Å². The summed E-state index contributed by atoms with van der Waals surface area (Å²) in [6, 6.07) is 0. The molecule has 1 fully saturated rings. The molecule has 1 rings (SSSR count). The maximum atomic E-state index is 11.5. The second-order valence-corrected chi connectivity index (χ2v) is 5.39. The SMILES string of the molecule is CC(C)CCCCCCC(=O)ON1C(=O)CCC1=O. The average Bonchev–Trinajstić information content (AvgIpc) is 2.65. The molecule has 0 N–H and O–H groups in total. The first kappa shape index (κ1) is 15.7. The minimum Gasteiger partial charge on any atom is -0.330 e. The van der Waals surface area contributed by atoms with Crippen LogP contribution in [0.3, 0.4) is 0 Å². The molecule has 0 unspecified atom stereocenters. The van der Waals surface area contributed by atoms with Gasteiger partial charge in [-0.25, -0.2) is 4.79 Å². The van der Waals surface area contributed by atoms with Gasteiger partial charge in [-0.15, -0.1) is 5.06 Å². The van der Waals surface area contributed by atoms with Crippen LogP contribution in [0.4, 0.5) is 0 Å². The Kier molecular flexibility index (Phi) is 6.53. The summed E-state index contributed by atoms with van der Waals surface area (Å²) in [4.78, 5) is 38.7. The van der Waals surface area contributed by atoms with Gasteiger partial charge in [0.15, 0.2) is 0 Å². The molecule has 0 bridgehead atoms. The third-order valence-corrected chi connectivity index (χ3v) is 3.11. The highest BCUT2D eigenvalue weighted by Gasteiger charge is 2.32. The monoisotopic (exact) mass is 269 g/mol. The summed E-state index contributed by atoms with van der Waals surface area (Å²) in [5.74, 6) is -0.616. The summed E-state index contributed by atoms with van der Waals surface area (Å²) in [6.07, 6.45) is 5.75. The zero-order valence-corrected chi connectivity index (χ0v) is 11.8. The Balaban J connectivity index is 2.08. The molecule has 0 saturated carbocycles. The summed E-state index contributed by atoms with van der Waals surface area (Å²) >= 11 is 0. The van der Waals surface area contributed by atoms with Crippen LogP contribution in [0, 0.1) is 5.92 Å². The predicted octanol–water partition coefficient (Wildman–Crippen LogP) is 2.59. The van der Waals surface area contributed by atoms with Crippen LogP contribution in [0.5, 0.6) is 0 Å². The Bertz CT molecular complexity index is 322. The molecule has 5 nitrogen and oxygen atoms in total. The van der Waals surface area contributed by atoms with Crippen LogP contribution in [0.15, 0.2) is 0 Å². The number of hydroxylamine groups is 2. The Morgan fingerprint density at radius 2 is 1.68 bits per heavy atom. The van der Waals surface area contributed by atoms with Crippen LogP contribution >= 0.6 is 0 Å². The molecule has 0 aromatic carbocycles. The average molecular weight is 269 g/mol. The normalized spacial score (nSPS) is 15.4. The Morgan fingerprint density at radius 1 is 1.11 bits per heavy atom. The van der Waals surface area contributed by atoms with Crippen LogP contribution in [0.25, 0.3) is 0 Å². The van der Waals surface area contributed by atoms with Gasteiger partial charge in [0.1, 0.15) is 0 Å². The molecule has 19 heavy (non-hydrogen) atoms. The summed E-state index contributed by atoms with van der Waals surface area (Å²) in [7, 11) is 0. The molecular formula is C14H23NO4. The van der Waals surface area contributed by atoms with Crippen molar-refractivity contribution in [1.82, 2.24) is 5.06 Å². The fraction of sp³-hybridized carbons (Fsp3) is 0.786. The van der Waals surface area contributed by atoms with E-state index >= 15 is 0 Å². The van der Waals surface area contributed by atoms with E-state index in [0.29, 0.717) is 5.06 Å². The van der Waals surface area contributed by atoms with Crippen molar-refractivity contribution in [2.45, 2.75) is 65.2 Å². The van der Waals surface area contributed by atoms with E-state index in [1.165, 1.54) is 12.8 Å². The van der Waals surface area contributed by atoms with Gasteiger partial charge in [0.2, 0.25) is 0 Å². The van der Waals surface area contributed by atoms with E-state index < -0.39 is 17.8 Å². The molecule has 2 amide bonds. The maximum absolute atomic E-state index is 11.5. The number of rotatable bonds is 8. The van der Waals surface area contributed by atoms with Gasteiger partial charge in [0, 0.05) is 19.3 Å². The summed E-state index contributed by atoms with van der Waals surface area (Å²) < 4.78 is 0. The van der Waals surface area contributed by atoms with Crippen molar-refractivity contribution in [1.29, 1.82) is 0 Å². The van der Waals surface area contributed by atoms with Gasteiger partial charge in [0.25, 0.3) is 11.8 Å². The van der Waals surface area contributed by atoms with Gasteiger partial charge in [-0.3, -0.25) is 9.59 Å². The van der Waals surface area contributed by atoms with Crippen molar-refractivity contribution in [2.24, 2.45) is 5.92 Å². The quantitative estimate of drug-likeness (QED) is 0.502. The van der Waals surface area contributed by atoms with Gasteiger partial charge < -0.3 is 4.84 Å². The highest BCUT2D eigenvalue weighted by molar-refractivity contribution is 6.01. The highest BCUT2D eigenvalue weighted by atomic mass is 16.7. The third-order valence-electron chi connectivity index (χ3n) is 3.11. The number of carbonyl (C=O) groups is 3. The lowest BCUT2D eigenvalue weighted by atomic mass is 10.0. The van der Waals surface area contributed by atoms with Gasteiger partial charge in [-0.1, -0.05) is 39.5 Å². The molecule has 5 heteroatoms. The lowest BCUT2D eigenvalue weighted by Gasteiger charge is -2.12. The van der Waals surface area contributed by atoms with Crippen molar-refractivity contribution in [3.8, 4) is 0 Å². The lowest BCUT2D eigenvalue weighted by molar-refractivity contribution is -0.197. The topological polar surface area (TPSA) is 63.7 Å². The number of nitrogens with zero attached hydrogens (tertiary/aromatic N) is 1. The number of hydrogen-bond donors (Lipinski definition) is 0. The van der Waals surface area contributed by atoms with Crippen LogP contribution in [0.1, 0.15) is 65.2 Å². The van der Waals surface area contributed by atoms with Gasteiger partial charge >= 0.3 is 5.97 Å². The first-order chi connectivity index (χ1) is 9.00. The molecule has 1 aliphatic rings. The minimum atomic E-state index is -0.493. The predicted molar refractivity (Wildman–Crippen MR) is 69.7 cm³/mol. The molecule has 108 valence electrons. The van der Waals surface area contributed by atoms with Gasteiger partial charge in [-0.05, 0) is 12.3 Å². The standard InChI is InChI=1S/C14H23NO4/c1-11(2)7-5-3-4-6-8-14(18)19-15-12(16)9-10-13(15)17/h11H,3-10H2,1-2H3. The van der Waals surface area contributed by atoms with E-state index in [1.807, 2.05) is 0 Å². The van der Waals surface area contributed by atoms with Crippen molar-refractivity contribution in [3.63, 3.8) is 0 Å². The van der Waals surface area contributed by atoms with Crippen LogP contribution < -0.4 is 0 Å². The Labute approximate surface area is 114 Å². The lowest BCUT2D eigenvalue weighted by Crippen LogP contribution is -2.31. The Hall–Kier alpha value is -1.39. The second-order valence-electron chi connectivity index (χ2n) is 5.39. The van der Waals surface area contributed by atoms with E-state index in [2.05, 4.69) is 13.8 Å². The fourth-order valence-corrected chi connectivity index (χ4v) is 1.98. The van der Waals surface area contributed by atoms with Gasteiger partial charge in [-0.2, -0.15) is 0 Å². The first-order valence-corrected chi connectivity index (χ1v) is 7.07. The fourth-order valence-electron chi connectivity index (χ4n) is 1.98. The first-order valence-electron chi connectivity index (χ1n) is 7.07. The number of amides is 2. The molecule has 0 aliphatic carbocycles. The molecule has 0 atom stereocenters. The van der Waals surface area contributed by atoms with Gasteiger partial charge in [0.05, 0.1) is 0 Å². The number of hydrogen-bond acceptors (Lipinski definition) is 4. The molecule has 0 aromatic heterocycles. The van der Waals surface area contributed by atoms with Crippen LogP contribution in [0.2, 0.25) is 0 Å². The summed E-state index contributed by atoms with van der Waals surface area (Å²) in [5, 5.41) is 0.612. The van der Waals surface area contributed by atoms with E-state index in [1.54, 1.807) is 0 Å². The van der Waals surface area contributed by atoms with E-state index in [0.717, 1.165) is 25.2 Å². The molecule has 1 aliphatic heterocycles. The molecule has 1 saturated heterocycles. The maximum Gasteiger partial charge on any atom is 0.333 e. The minimum absolute atomic E-state index is 0.140. The van der Waals surface area contributed by atoms with Crippen molar-refractivity contribution in [3.05, 3.63) is 0 Å². The highest BCUT2D eigenvalue weighted by Crippen LogP contribution is 2.14. The number of carbonyl (C=O) groups excluding carboxylic acids is 3. The van der Waals surface area contributed by atoms with Crippen LogP contribution in [-0.2, 0) is 19.2 Å².